The topological polar surface area (TPSA) is 67.5 Å². The van der Waals surface area contributed by atoms with Crippen molar-refractivity contribution in [2.24, 2.45) is 0 Å². The Balaban J connectivity index is 2.22. The van der Waals surface area contributed by atoms with E-state index in [1.807, 2.05) is 32.0 Å². The van der Waals surface area contributed by atoms with Crippen LogP contribution in [0, 0.1) is 20.8 Å². The predicted octanol–water partition coefficient (Wildman–Crippen LogP) is 3.02. The Morgan fingerprint density at radius 1 is 1.19 bits per heavy atom. The van der Waals surface area contributed by atoms with Gasteiger partial charge in [-0.2, -0.15) is 5.10 Å². The quantitative estimate of drug-likeness (QED) is 0.784. The number of nitrogens with zero attached hydrogens (tertiary/aromatic N) is 3. The molecule has 5 heteroatoms. The van der Waals surface area contributed by atoms with Crippen LogP contribution in [0.15, 0.2) is 30.5 Å². The highest BCUT2D eigenvalue weighted by molar-refractivity contribution is 5.88. The molecule has 5 nitrogen and oxygen atoms in total. The summed E-state index contributed by atoms with van der Waals surface area (Å²) < 4.78 is 1.58. The van der Waals surface area contributed by atoms with Gasteiger partial charge in [-0.1, -0.05) is 23.8 Å². The third-order valence-corrected chi connectivity index (χ3v) is 3.61. The molecule has 0 atom stereocenters. The molecule has 2 aromatic heterocycles. The van der Waals surface area contributed by atoms with Crippen LogP contribution in [0.2, 0.25) is 0 Å². The molecule has 0 fully saturated rings. The first kappa shape index (κ1) is 13.3. The van der Waals surface area contributed by atoms with Gasteiger partial charge in [0.05, 0.1) is 17.0 Å². The Kier molecular flexibility index (Phi) is 2.97. The van der Waals surface area contributed by atoms with Crippen molar-refractivity contribution in [2.45, 2.75) is 20.8 Å². The molecule has 3 aromatic rings. The SMILES string of the molecule is Cc1ccc(-c2cc3ncc(C(=O)O)c(C)n3n2)c(C)c1. The van der Waals surface area contributed by atoms with E-state index in [1.54, 1.807) is 11.4 Å². The lowest BCUT2D eigenvalue weighted by Crippen LogP contribution is -2.06. The highest BCUT2D eigenvalue weighted by Crippen LogP contribution is 2.24. The minimum atomic E-state index is -0.995. The van der Waals surface area contributed by atoms with E-state index < -0.39 is 5.97 Å². The fourth-order valence-electron chi connectivity index (χ4n) is 2.49. The van der Waals surface area contributed by atoms with Crippen molar-refractivity contribution in [2.75, 3.05) is 0 Å². The minimum Gasteiger partial charge on any atom is -0.478 e. The molecule has 3 rings (SSSR count). The molecule has 106 valence electrons. The van der Waals surface area contributed by atoms with Gasteiger partial charge in [0.1, 0.15) is 0 Å². The van der Waals surface area contributed by atoms with Crippen LogP contribution in [-0.2, 0) is 0 Å². The summed E-state index contributed by atoms with van der Waals surface area (Å²) in [5.41, 5.74) is 5.54. The molecule has 0 aliphatic carbocycles. The third-order valence-electron chi connectivity index (χ3n) is 3.61. The molecule has 0 aliphatic heterocycles. The van der Waals surface area contributed by atoms with E-state index in [4.69, 9.17) is 5.11 Å². The van der Waals surface area contributed by atoms with Crippen molar-refractivity contribution < 1.29 is 9.90 Å². The fourth-order valence-corrected chi connectivity index (χ4v) is 2.49. The standard InChI is InChI=1S/C16H15N3O2/c1-9-4-5-12(10(2)6-9)14-7-15-17-8-13(16(20)21)11(3)19(15)18-14/h4-8H,1-3H3,(H,20,21). The molecule has 0 bridgehead atoms. The van der Waals surface area contributed by atoms with Gasteiger partial charge in [-0.3, -0.25) is 0 Å². The number of carbonyl (C=O) groups is 1. The van der Waals surface area contributed by atoms with E-state index in [0.29, 0.717) is 11.3 Å². The lowest BCUT2D eigenvalue weighted by Gasteiger charge is -2.03. The van der Waals surface area contributed by atoms with Crippen molar-refractivity contribution in [1.29, 1.82) is 0 Å². The number of aromatic nitrogens is 3. The van der Waals surface area contributed by atoms with Crippen LogP contribution in [0.5, 0.6) is 0 Å². The zero-order valence-electron chi connectivity index (χ0n) is 12.1. The molecule has 0 saturated carbocycles. The van der Waals surface area contributed by atoms with Gasteiger partial charge >= 0.3 is 5.97 Å². The van der Waals surface area contributed by atoms with E-state index in [1.165, 1.54) is 11.8 Å². The Hall–Kier alpha value is -2.69. The summed E-state index contributed by atoms with van der Waals surface area (Å²) in [7, 11) is 0. The van der Waals surface area contributed by atoms with Gasteiger partial charge in [0, 0.05) is 17.8 Å². The highest BCUT2D eigenvalue weighted by Gasteiger charge is 2.14. The summed E-state index contributed by atoms with van der Waals surface area (Å²) in [6, 6.07) is 8.04. The average Bonchev–Trinajstić information content (AvgIpc) is 2.83. The Morgan fingerprint density at radius 3 is 2.62 bits per heavy atom. The van der Waals surface area contributed by atoms with Crippen molar-refractivity contribution in [3.8, 4) is 11.3 Å². The van der Waals surface area contributed by atoms with Gasteiger partial charge in [-0.15, -0.1) is 0 Å². The van der Waals surface area contributed by atoms with Crippen LogP contribution in [-0.4, -0.2) is 25.7 Å². The van der Waals surface area contributed by atoms with Crippen LogP contribution in [0.4, 0.5) is 0 Å². The monoisotopic (exact) mass is 281 g/mol. The summed E-state index contributed by atoms with van der Waals surface area (Å²) in [5, 5.41) is 13.6. The van der Waals surface area contributed by atoms with Gasteiger partial charge in [0.2, 0.25) is 0 Å². The van der Waals surface area contributed by atoms with Crippen molar-refractivity contribution in [3.05, 3.63) is 52.8 Å². The fraction of sp³-hybridized carbons (Fsp3) is 0.188. The van der Waals surface area contributed by atoms with Crippen molar-refractivity contribution in [3.63, 3.8) is 0 Å². The van der Waals surface area contributed by atoms with Crippen LogP contribution < -0.4 is 0 Å². The third kappa shape index (κ3) is 2.16. The summed E-state index contributed by atoms with van der Waals surface area (Å²) in [6.45, 7) is 5.82. The van der Waals surface area contributed by atoms with Gasteiger partial charge in [0.25, 0.3) is 0 Å². The number of aromatic carboxylic acids is 1. The van der Waals surface area contributed by atoms with E-state index in [9.17, 15) is 4.79 Å². The zero-order valence-corrected chi connectivity index (χ0v) is 12.1. The smallest absolute Gasteiger partial charge is 0.339 e. The number of hydrogen-bond acceptors (Lipinski definition) is 3. The number of rotatable bonds is 2. The molecule has 0 radical (unpaired) electrons. The predicted molar refractivity (Wildman–Crippen MR) is 79.6 cm³/mol. The van der Waals surface area contributed by atoms with Gasteiger partial charge < -0.3 is 5.11 Å². The highest BCUT2D eigenvalue weighted by atomic mass is 16.4. The number of carboxylic acid groups (broad SMARTS) is 1. The largest absolute Gasteiger partial charge is 0.478 e. The average molecular weight is 281 g/mol. The molecule has 21 heavy (non-hydrogen) atoms. The molecule has 1 N–H and O–H groups in total. The molecule has 0 aliphatic rings. The van der Waals surface area contributed by atoms with E-state index in [-0.39, 0.29) is 5.56 Å². The molecule has 1 aromatic carbocycles. The molecule has 0 amide bonds. The van der Waals surface area contributed by atoms with Gasteiger partial charge in [-0.25, -0.2) is 14.3 Å². The zero-order chi connectivity index (χ0) is 15.1. The summed E-state index contributed by atoms with van der Waals surface area (Å²) in [6.07, 6.45) is 1.38. The number of benzene rings is 1. The number of fused-ring (bicyclic) bond motifs is 1. The normalized spacial score (nSPS) is 11.0. The maximum absolute atomic E-state index is 11.2. The van der Waals surface area contributed by atoms with E-state index in [2.05, 4.69) is 16.1 Å². The lowest BCUT2D eigenvalue weighted by molar-refractivity contribution is 0.0695. The Morgan fingerprint density at radius 2 is 1.95 bits per heavy atom. The van der Waals surface area contributed by atoms with Crippen LogP contribution in [0.1, 0.15) is 27.2 Å². The van der Waals surface area contributed by atoms with Crippen molar-refractivity contribution >= 4 is 11.6 Å². The molecular formula is C16H15N3O2. The number of aryl methyl sites for hydroxylation is 3. The Labute approximate surface area is 121 Å². The summed E-state index contributed by atoms with van der Waals surface area (Å²) in [5.74, 6) is -0.995. The first-order valence-electron chi connectivity index (χ1n) is 6.63. The van der Waals surface area contributed by atoms with Crippen LogP contribution >= 0.6 is 0 Å². The second-order valence-electron chi connectivity index (χ2n) is 5.18. The second-order valence-corrected chi connectivity index (χ2v) is 5.18. The molecule has 0 unspecified atom stereocenters. The first-order valence-corrected chi connectivity index (χ1v) is 6.63. The Bertz CT molecular complexity index is 865. The molecular weight excluding hydrogens is 266 g/mol. The number of hydrogen-bond donors (Lipinski definition) is 1. The van der Waals surface area contributed by atoms with Crippen molar-refractivity contribution in [1.82, 2.24) is 14.6 Å². The van der Waals surface area contributed by atoms with E-state index in [0.717, 1.165) is 16.8 Å². The first-order chi connectivity index (χ1) is 9.97. The molecule has 0 saturated heterocycles. The molecule has 2 heterocycles. The lowest BCUT2D eigenvalue weighted by atomic mass is 10.0. The van der Waals surface area contributed by atoms with Gasteiger partial charge in [0.15, 0.2) is 5.65 Å². The summed E-state index contributed by atoms with van der Waals surface area (Å²) >= 11 is 0. The van der Waals surface area contributed by atoms with Crippen LogP contribution in [0.3, 0.4) is 0 Å². The minimum absolute atomic E-state index is 0.165. The number of carboxylic acids is 1. The second kappa shape index (κ2) is 4.70. The van der Waals surface area contributed by atoms with Gasteiger partial charge in [-0.05, 0) is 26.3 Å². The van der Waals surface area contributed by atoms with E-state index >= 15 is 0 Å². The summed E-state index contributed by atoms with van der Waals surface area (Å²) in [4.78, 5) is 15.3. The maximum atomic E-state index is 11.2. The van der Waals surface area contributed by atoms with Crippen LogP contribution in [0.25, 0.3) is 16.9 Å². The maximum Gasteiger partial charge on any atom is 0.339 e. The molecule has 0 spiro atoms.